The summed E-state index contributed by atoms with van der Waals surface area (Å²) in [5.74, 6) is 0.801. The molecule has 0 aliphatic rings. The SMILES string of the molecule is CCOc1cc(OC)c(F)c(C(Nc2ccc(C#N)cc2)c2nc(-c3ccccc3SC)nn2C(c2ccccc2)(c2ccccc2)c2ccccc2)c1. The fourth-order valence-electron chi connectivity index (χ4n) is 6.90. The van der Waals surface area contributed by atoms with Crippen molar-refractivity contribution in [1.29, 1.82) is 5.26 Å². The molecule has 0 spiro atoms. The van der Waals surface area contributed by atoms with Gasteiger partial charge in [-0.15, -0.1) is 16.9 Å². The van der Waals surface area contributed by atoms with Gasteiger partial charge in [-0.1, -0.05) is 103 Å². The van der Waals surface area contributed by atoms with Crippen molar-refractivity contribution < 1.29 is 13.9 Å². The number of nitrogens with one attached hydrogen (secondary N) is 1. The predicted molar refractivity (Wildman–Crippen MR) is 213 cm³/mol. The first-order chi connectivity index (χ1) is 26.5. The fourth-order valence-corrected chi connectivity index (χ4v) is 7.49. The summed E-state index contributed by atoms with van der Waals surface area (Å²) in [5.41, 5.74) is 3.91. The van der Waals surface area contributed by atoms with Crippen LogP contribution in [-0.2, 0) is 5.54 Å². The van der Waals surface area contributed by atoms with Gasteiger partial charge >= 0.3 is 0 Å². The van der Waals surface area contributed by atoms with Crippen molar-refractivity contribution in [1.82, 2.24) is 14.8 Å². The molecule has 0 aliphatic carbocycles. The van der Waals surface area contributed by atoms with E-state index in [-0.39, 0.29) is 11.3 Å². The molecule has 0 fully saturated rings. The molecule has 1 atom stereocenters. The Labute approximate surface area is 319 Å². The molecule has 1 aromatic heterocycles. The number of hydrogen-bond acceptors (Lipinski definition) is 7. The van der Waals surface area contributed by atoms with Gasteiger partial charge < -0.3 is 14.8 Å². The zero-order chi connectivity index (χ0) is 37.5. The number of aromatic nitrogens is 3. The van der Waals surface area contributed by atoms with Gasteiger partial charge in [-0.2, -0.15) is 5.26 Å². The third-order valence-corrected chi connectivity index (χ3v) is 10.1. The number of hydrogen-bond donors (Lipinski definition) is 1. The number of anilines is 1. The van der Waals surface area contributed by atoms with Crippen molar-refractivity contribution >= 4 is 17.4 Å². The monoisotopic (exact) mass is 731 g/mol. The molecule has 7 aromatic rings. The van der Waals surface area contributed by atoms with E-state index in [9.17, 15) is 5.26 Å². The summed E-state index contributed by atoms with van der Waals surface area (Å²) in [5, 5.41) is 18.6. The Balaban J connectivity index is 1.64. The van der Waals surface area contributed by atoms with Crippen LogP contribution >= 0.6 is 11.8 Å². The third-order valence-electron chi connectivity index (χ3n) is 9.34. The van der Waals surface area contributed by atoms with Crippen LogP contribution < -0.4 is 14.8 Å². The Morgan fingerprint density at radius 3 is 1.93 bits per heavy atom. The number of halogens is 1. The van der Waals surface area contributed by atoms with Crippen LogP contribution in [0, 0.1) is 17.1 Å². The van der Waals surface area contributed by atoms with Crippen molar-refractivity contribution in [2.45, 2.75) is 23.4 Å². The third kappa shape index (κ3) is 6.80. The number of ether oxygens (including phenoxy) is 2. The minimum atomic E-state index is -1.10. The minimum absolute atomic E-state index is 0.0297. The number of nitrogens with zero attached hydrogens (tertiary/aromatic N) is 4. The van der Waals surface area contributed by atoms with Gasteiger partial charge in [0.1, 0.15) is 17.3 Å². The first-order valence-corrected chi connectivity index (χ1v) is 18.8. The maximum Gasteiger partial charge on any atom is 0.182 e. The second-order valence-corrected chi connectivity index (χ2v) is 13.3. The van der Waals surface area contributed by atoms with Crippen LogP contribution in [-0.4, -0.2) is 34.7 Å². The molecular weight excluding hydrogens is 694 g/mol. The Bertz CT molecular complexity index is 2280. The van der Waals surface area contributed by atoms with E-state index in [1.165, 1.54) is 7.11 Å². The highest BCUT2D eigenvalue weighted by Gasteiger charge is 2.44. The maximum atomic E-state index is 17.0. The van der Waals surface area contributed by atoms with E-state index < -0.39 is 17.4 Å². The average Bonchev–Trinajstić information content (AvgIpc) is 3.67. The van der Waals surface area contributed by atoms with E-state index in [2.05, 4.69) is 47.8 Å². The molecule has 1 unspecified atom stereocenters. The summed E-state index contributed by atoms with van der Waals surface area (Å²) in [6.07, 6.45) is 2.02. The standard InChI is InChI=1S/C45H38FN5O2S/c1-4-53-36-28-38(41(46)39(29-36)52-2)42(48-35-26-24-31(30-47)25-27-35)44-49-43(37-22-14-15-23-40(37)54-3)50-51(44)45(32-16-8-5-9-17-32,33-18-10-6-11-19-33)34-20-12-7-13-21-34/h5-29,42,48H,4H2,1-3H3. The lowest BCUT2D eigenvalue weighted by atomic mass is 9.77. The van der Waals surface area contributed by atoms with E-state index in [0.29, 0.717) is 35.3 Å². The van der Waals surface area contributed by atoms with Crippen LogP contribution in [0.4, 0.5) is 10.1 Å². The Hall–Kier alpha value is -6.37. The Morgan fingerprint density at radius 2 is 1.39 bits per heavy atom. The van der Waals surface area contributed by atoms with Crippen LogP contribution in [0.2, 0.25) is 0 Å². The van der Waals surface area contributed by atoms with Gasteiger partial charge in [-0.25, -0.2) is 14.1 Å². The second-order valence-electron chi connectivity index (χ2n) is 12.4. The van der Waals surface area contributed by atoms with Crippen molar-refractivity contribution in [3.05, 3.63) is 191 Å². The van der Waals surface area contributed by atoms with Gasteiger partial charge in [-0.3, -0.25) is 0 Å². The quantitative estimate of drug-likeness (QED) is 0.0934. The largest absolute Gasteiger partial charge is 0.494 e. The van der Waals surface area contributed by atoms with Gasteiger partial charge in [0.05, 0.1) is 25.3 Å². The summed E-state index contributed by atoms with van der Waals surface area (Å²) in [4.78, 5) is 6.38. The van der Waals surface area contributed by atoms with Gasteiger partial charge in [0, 0.05) is 27.8 Å². The first kappa shape index (κ1) is 36.0. The average molecular weight is 732 g/mol. The highest BCUT2D eigenvalue weighted by molar-refractivity contribution is 7.98. The number of benzene rings is 6. The highest BCUT2D eigenvalue weighted by Crippen LogP contribution is 2.45. The molecule has 0 saturated heterocycles. The van der Waals surface area contributed by atoms with Gasteiger partial charge in [-0.05, 0) is 72.3 Å². The number of rotatable bonds is 13. The summed E-state index contributed by atoms with van der Waals surface area (Å²) in [6, 6.07) is 50.1. The summed E-state index contributed by atoms with van der Waals surface area (Å²) in [7, 11) is 1.44. The lowest BCUT2D eigenvalue weighted by Crippen LogP contribution is -2.41. The predicted octanol–water partition coefficient (Wildman–Crippen LogP) is 10.1. The van der Waals surface area contributed by atoms with Crippen LogP contribution in [0.15, 0.2) is 157 Å². The van der Waals surface area contributed by atoms with Crippen LogP contribution in [0.5, 0.6) is 11.5 Å². The molecule has 54 heavy (non-hydrogen) atoms. The van der Waals surface area contributed by atoms with E-state index >= 15 is 4.39 Å². The molecule has 0 bridgehead atoms. The lowest BCUT2D eigenvalue weighted by molar-refractivity contribution is 0.330. The molecule has 7 nitrogen and oxygen atoms in total. The van der Waals surface area contributed by atoms with E-state index in [1.54, 1.807) is 48.2 Å². The van der Waals surface area contributed by atoms with Gasteiger partial charge in [0.15, 0.2) is 23.2 Å². The van der Waals surface area contributed by atoms with Gasteiger partial charge in [0.25, 0.3) is 0 Å². The second kappa shape index (κ2) is 16.1. The van der Waals surface area contributed by atoms with Crippen molar-refractivity contribution in [3.63, 3.8) is 0 Å². The van der Waals surface area contributed by atoms with E-state index in [1.807, 2.05) is 96.7 Å². The molecule has 0 radical (unpaired) electrons. The normalized spacial score (nSPS) is 11.8. The zero-order valence-corrected chi connectivity index (χ0v) is 30.9. The number of methoxy groups -OCH3 is 1. The molecule has 0 amide bonds. The first-order valence-electron chi connectivity index (χ1n) is 17.6. The smallest absolute Gasteiger partial charge is 0.182 e. The van der Waals surface area contributed by atoms with Crippen LogP contribution in [0.3, 0.4) is 0 Å². The molecule has 6 aromatic carbocycles. The minimum Gasteiger partial charge on any atom is -0.494 e. The summed E-state index contributed by atoms with van der Waals surface area (Å²) < 4.78 is 30.5. The number of nitriles is 1. The number of thioether (sulfide) groups is 1. The Kier molecular flexibility index (Phi) is 10.7. The molecular formula is C45H38FN5O2S. The fraction of sp³-hybridized carbons (Fsp3) is 0.133. The maximum absolute atomic E-state index is 17.0. The molecule has 9 heteroatoms. The van der Waals surface area contributed by atoms with E-state index in [0.717, 1.165) is 27.1 Å². The summed E-state index contributed by atoms with van der Waals surface area (Å²) >= 11 is 1.60. The molecule has 7 rings (SSSR count). The molecule has 1 heterocycles. The highest BCUT2D eigenvalue weighted by atomic mass is 32.2. The Morgan fingerprint density at radius 1 is 0.815 bits per heavy atom. The van der Waals surface area contributed by atoms with Crippen molar-refractivity contribution in [2.24, 2.45) is 0 Å². The molecule has 0 saturated carbocycles. The van der Waals surface area contributed by atoms with Crippen LogP contribution in [0.1, 0.15) is 46.6 Å². The topological polar surface area (TPSA) is 85.0 Å². The molecule has 1 N–H and O–H groups in total. The molecule has 0 aliphatic heterocycles. The molecule has 268 valence electrons. The van der Waals surface area contributed by atoms with Crippen molar-refractivity contribution in [3.8, 4) is 29.0 Å². The van der Waals surface area contributed by atoms with Crippen LogP contribution in [0.25, 0.3) is 11.4 Å². The zero-order valence-electron chi connectivity index (χ0n) is 30.1. The van der Waals surface area contributed by atoms with Gasteiger partial charge in [0.2, 0.25) is 0 Å². The van der Waals surface area contributed by atoms with E-state index in [4.69, 9.17) is 19.6 Å². The lowest BCUT2D eigenvalue weighted by Gasteiger charge is -2.38. The summed E-state index contributed by atoms with van der Waals surface area (Å²) in [6.45, 7) is 2.24. The van der Waals surface area contributed by atoms with Crippen molar-refractivity contribution in [2.75, 3.05) is 25.3 Å².